The zero-order valence-electron chi connectivity index (χ0n) is 10.7. The summed E-state index contributed by atoms with van der Waals surface area (Å²) in [6, 6.07) is 10.9. The number of aromatic nitrogens is 1. The molecule has 0 aliphatic carbocycles. The number of anilines is 1. The van der Waals surface area contributed by atoms with E-state index in [-0.39, 0.29) is 0 Å². The highest BCUT2D eigenvalue weighted by atomic mass is 35.5. The van der Waals surface area contributed by atoms with Gasteiger partial charge in [-0.05, 0) is 36.6 Å². The summed E-state index contributed by atoms with van der Waals surface area (Å²) in [5.41, 5.74) is 3.45. The Bertz CT molecular complexity index is 580. The highest BCUT2D eigenvalue weighted by Gasteiger charge is 2.21. The van der Waals surface area contributed by atoms with E-state index in [1.165, 1.54) is 10.5 Å². The fourth-order valence-electron chi connectivity index (χ4n) is 2.36. The molecule has 0 fully saturated rings. The zero-order valence-corrected chi connectivity index (χ0v) is 12.3. The molecule has 0 radical (unpaired) electrons. The molecule has 3 rings (SSSR count). The summed E-state index contributed by atoms with van der Waals surface area (Å²) in [5, 5.41) is 4.12. The molecule has 4 heteroatoms. The molecule has 1 aromatic heterocycles. The van der Waals surface area contributed by atoms with Crippen LogP contribution in [0.25, 0.3) is 0 Å². The average molecular weight is 291 g/mol. The third-order valence-electron chi connectivity index (χ3n) is 3.39. The Balaban J connectivity index is 1.93. The first-order valence-electron chi connectivity index (χ1n) is 6.35. The zero-order chi connectivity index (χ0) is 13.2. The van der Waals surface area contributed by atoms with Gasteiger partial charge in [-0.3, -0.25) is 0 Å². The summed E-state index contributed by atoms with van der Waals surface area (Å²) in [7, 11) is 0. The average Bonchev–Trinajstić information content (AvgIpc) is 2.43. The third-order valence-corrected chi connectivity index (χ3v) is 4.80. The third kappa shape index (κ3) is 2.58. The number of nitrogens with one attached hydrogen (secondary N) is 1. The maximum Gasteiger partial charge on any atom is 0.152 e. The summed E-state index contributed by atoms with van der Waals surface area (Å²) in [6.07, 6.45) is 2.85. The van der Waals surface area contributed by atoms with Crippen molar-refractivity contribution in [3.63, 3.8) is 0 Å². The lowest BCUT2D eigenvalue weighted by Gasteiger charge is -2.27. The monoisotopic (exact) mass is 290 g/mol. The lowest BCUT2D eigenvalue weighted by atomic mass is 10.0. The maximum absolute atomic E-state index is 6.20. The second kappa shape index (κ2) is 5.43. The van der Waals surface area contributed by atoms with Crippen molar-refractivity contribution in [2.75, 3.05) is 11.1 Å². The molecule has 2 nitrogen and oxygen atoms in total. The van der Waals surface area contributed by atoms with Crippen LogP contribution in [-0.2, 0) is 0 Å². The topological polar surface area (TPSA) is 24.9 Å². The minimum atomic E-state index is 0.317. The molecular formula is C15H15ClN2S. The van der Waals surface area contributed by atoms with Crippen molar-refractivity contribution in [3.05, 3.63) is 52.8 Å². The molecular weight excluding hydrogens is 276 g/mol. The molecule has 0 spiro atoms. The number of hydrogen-bond donors (Lipinski definition) is 1. The van der Waals surface area contributed by atoms with E-state index in [1.807, 2.05) is 17.8 Å². The van der Waals surface area contributed by atoms with E-state index < -0.39 is 0 Å². The van der Waals surface area contributed by atoms with Crippen molar-refractivity contribution >= 4 is 29.1 Å². The number of fused-ring (bicyclic) bond motifs is 1. The van der Waals surface area contributed by atoms with Gasteiger partial charge in [-0.25, -0.2) is 4.98 Å². The molecule has 0 bridgehead atoms. The molecule has 1 aliphatic rings. The Labute approximate surface area is 122 Å². The second-order valence-electron chi connectivity index (χ2n) is 4.67. The first-order chi connectivity index (χ1) is 9.25. The number of halogens is 1. The van der Waals surface area contributed by atoms with Crippen LogP contribution in [0.2, 0.25) is 5.15 Å². The Morgan fingerprint density at radius 1 is 1.32 bits per heavy atom. The van der Waals surface area contributed by atoms with Gasteiger partial charge in [-0.1, -0.05) is 29.8 Å². The van der Waals surface area contributed by atoms with Gasteiger partial charge < -0.3 is 5.32 Å². The molecule has 98 valence electrons. The molecule has 1 aliphatic heterocycles. The van der Waals surface area contributed by atoms with E-state index >= 15 is 0 Å². The fraction of sp³-hybridized carbons (Fsp3) is 0.267. The van der Waals surface area contributed by atoms with Crippen molar-refractivity contribution in [3.8, 4) is 0 Å². The van der Waals surface area contributed by atoms with Crippen LogP contribution in [0.3, 0.4) is 0 Å². The smallest absolute Gasteiger partial charge is 0.152 e. The summed E-state index contributed by atoms with van der Waals surface area (Å²) < 4.78 is 0. The van der Waals surface area contributed by atoms with Crippen molar-refractivity contribution in [1.29, 1.82) is 0 Å². The number of thioether (sulfide) groups is 1. The van der Waals surface area contributed by atoms with Gasteiger partial charge >= 0.3 is 0 Å². The fourth-order valence-corrected chi connectivity index (χ4v) is 3.75. The largest absolute Gasteiger partial charge is 0.375 e. The van der Waals surface area contributed by atoms with Crippen LogP contribution in [0.1, 0.15) is 23.6 Å². The number of aryl methyl sites for hydroxylation is 1. The van der Waals surface area contributed by atoms with Gasteiger partial charge in [-0.15, -0.1) is 11.8 Å². The quantitative estimate of drug-likeness (QED) is 0.812. The number of benzene rings is 1. The van der Waals surface area contributed by atoms with Crippen molar-refractivity contribution < 1.29 is 0 Å². The predicted octanol–water partition coefficient (Wildman–Crippen LogP) is 4.69. The SMILES string of the molecule is Cc1ccnc(Cl)c1NC1CCSc2ccccc21. The minimum absolute atomic E-state index is 0.317. The highest BCUT2D eigenvalue weighted by Crippen LogP contribution is 2.39. The van der Waals surface area contributed by atoms with Gasteiger partial charge in [-0.2, -0.15) is 0 Å². The van der Waals surface area contributed by atoms with Gasteiger partial charge in [0.15, 0.2) is 5.15 Å². The Morgan fingerprint density at radius 2 is 2.16 bits per heavy atom. The van der Waals surface area contributed by atoms with E-state index in [0.717, 1.165) is 23.4 Å². The van der Waals surface area contributed by atoms with Crippen LogP contribution in [0.4, 0.5) is 5.69 Å². The van der Waals surface area contributed by atoms with Crippen LogP contribution < -0.4 is 5.32 Å². The Hall–Kier alpha value is -1.19. The Morgan fingerprint density at radius 3 is 3.00 bits per heavy atom. The molecule has 2 heterocycles. The number of hydrogen-bond acceptors (Lipinski definition) is 3. The molecule has 1 atom stereocenters. The van der Waals surface area contributed by atoms with Gasteiger partial charge in [0, 0.05) is 16.8 Å². The maximum atomic E-state index is 6.20. The molecule has 1 aromatic carbocycles. The Kier molecular flexibility index (Phi) is 3.67. The lowest BCUT2D eigenvalue weighted by Crippen LogP contribution is -2.17. The molecule has 1 unspecified atom stereocenters. The highest BCUT2D eigenvalue weighted by molar-refractivity contribution is 7.99. The number of rotatable bonds is 2. The summed E-state index contributed by atoms with van der Waals surface area (Å²) in [5.74, 6) is 1.13. The number of pyridine rings is 1. The summed E-state index contributed by atoms with van der Waals surface area (Å²) in [6.45, 7) is 2.05. The van der Waals surface area contributed by atoms with Crippen LogP contribution in [0.5, 0.6) is 0 Å². The van der Waals surface area contributed by atoms with Crippen molar-refractivity contribution in [2.24, 2.45) is 0 Å². The standard InChI is InChI=1S/C15H15ClN2S/c1-10-6-8-17-15(16)14(10)18-12-7-9-19-13-5-3-2-4-11(12)13/h2-6,8,12,18H,7,9H2,1H3. The van der Waals surface area contributed by atoms with Crippen LogP contribution in [0, 0.1) is 6.92 Å². The first kappa shape index (κ1) is 12.8. The van der Waals surface area contributed by atoms with Gasteiger partial charge in [0.1, 0.15) is 0 Å². The van der Waals surface area contributed by atoms with Crippen LogP contribution >= 0.6 is 23.4 Å². The normalized spacial score (nSPS) is 17.9. The predicted molar refractivity (Wildman–Crippen MR) is 82.1 cm³/mol. The van der Waals surface area contributed by atoms with Crippen molar-refractivity contribution in [2.45, 2.75) is 24.3 Å². The molecule has 2 aromatic rings. The van der Waals surface area contributed by atoms with Gasteiger partial charge in [0.2, 0.25) is 0 Å². The molecule has 19 heavy (non-hydrogen) atoms. The van der Waals surface area contributed by atoms with E-state index in [2.05, 4.69) is 41.5 Å². The van der Waals surface area contributed by atoms with Crippen LogP contribution in [-0.4, -0.2) is 10.7 Å². The molecule has 0 saturated heterocycles. The lowest BCUT2D eigenvalue weighted by molar-refractivity contribution is 0.727. The molecule has 0 amide bonds. The molecule has 0 saturated carbocycles. The summed E-state index contributed by atoms with van der Waals surface area (Å²) >= 11 is 8.12. The molecule has 1 N–H and O–H groups in total. The van der Waals surface area contributed by atoms with E-state index in [4.69, 9.17) is 11.6 Å². The van der Waals surface area contributed by atoms with E-state index in [1.54, 1.807) is 6.20 Å². The van der Waals surface area contributed by atoms with Gasteiger partial charge in [0.25, 0.3) is 0 Å². The van der Waals surface area contributed by atoms with E-state index in [0.29, 0.717) is 11.2 Å². The second-order valence-corrected chi connectivity index (χ2v) is 6.16. The number of nitrogens with zero attached hydrogens (tertiary/aromatic N) is 1. The van der Waals surface area contributed by atoms with Crippen LogP contribution in [0.15, 0.2) is 41.4 Å². The van der Waals surface area contributed by atoms with Crippen molar-refractivity contribution in [1.82, 2.24) is 4.98 Å². The van der Waals surface area contributed by atoms with Gasteiger partial charge in [0.05, 0.1) is 11.7 Å². The minimum Gasteiger partial charge on any atom is -0.375 e. The first-order valence-corrected chi connectivity index (χ1v) is 7.71. The summed E-state index contributed by atoms with van der Waals surface area (Å²) in [4.78, 5) is 5.52. The van der Waals surface area contributed by atoms with E-state index in [9.17, 15) is 0 Å².